The number of unbranched alkanes of at least 4 members (excludes halogenated alkanes) is 2. The summed E-state index contributed by atoms with van der Waals surface area (Å²) in [6, 6.07) is 0. The van der Waals surface area contributed by atoms with Crippen molar-refractivity contribution in [2.45, 2.75) is 148 Å². The van der Waals surface area contributed by atoms with Crippen molar-refractivity contribution in [2.75, 3.05) is 11.0 Å². The number of hydrogen-bond acceptors (Lipinski definition) is 4. The molecule has 36 heavy (non-hydrogen) atoms. The van der Waals surface area contributed by atoms with Gasteiger partial charge in [-0.3, -0.25) is 0 Å². The number of rotatable bonds is 17. The SMILES string of the molecule is CCCCC[C@@H](/C=C/[Si](O[C@H]1C=C[C@@H](OC(CI)OCC)C1)(C(C)C)C(C)C)O[Si](C)(C)C(C)(C)C. The van der Waals surface area contributed by atoms with Crippen LogP contribution in [0.15, 0.2) is 23.9 Å². The summed E-state index contributed by atoms with van der Waals surface area (Å²) in [5.74, 6) is 0. The average Bonchev–Trinajstić information content (AvgIpc) is 3.21. The minimum atomic E-state index is -2.22. The molecule has 0 aliphatic heterocycles. The summed E-state index contributed by atoms with van der Waals surface area (Å²) < 4.78 is 26.8. The van der Waals surface area contributed by atoms with Gasteiger partial charge in [-0.1, -0.05) is 121 Å². The first-order valence-electron chi connectivity index (χ1n) is 14.3. The molecule has 1 aliphatic carbocycles. The normalized spacial score (nSPS) is 21.3. The lowest BCUT2D eigenvalue weighted by Gasteiger charge is -2.40. The maximum absolute atomic E-state index is 7.10. The van der Waals surface area contributed by atoms with E-state index in [1.54, 1.807) is 0 Å². The molecule has 1 rings (SSSR count). The number of hydrogen-bond donors (Lipinski definition) is 0. The third-order valence-electron chi connectivity index (χ3n) is 7.89. The van der Waals surface area contributed by atoms with Gasteiger partial charge in [0.05, 0.1) is 22.7 Å². The second kappa shape index (κ2) is 15.9. The van der Waals surface area contributed by atoms with Gasteiger partial charge in [0.15, 0.2) is 14.6 Å². The van der Waals surface area contributed by atoms with Crippen LogP contribution in [-0.2, 0) is 18.3 Å². The molecule has 212 valence electrons. The van der Waals surface area contributed by atoms with Gasteiger partial charge in [-0.15, -0.1) is 0 Å². The highest BCUT2D eigenvalue weighted by Crippen LogP contribution is 2.40. The van der Waals surface area contributed by atoms with Gasteiger partial charge in [0.2, 0.25) is 8.32 Å². The summed E-state index contributed by atoms with van der Waals surface area (Å²) in [5.41, 5.74) is 3.43. The summed E-state index contributed by atoms with van der Waals surface area (Å²) in [6.07, 6.45) is 12.6. The standard InChI is InChI=1S/C29H57IO4Si2/c1-12-14-15-16-25(33-35(10,11)29(7,8)9)19-20-36(23(3)4,24(5)6)34-27-18-17-26(21-27)32-28(22-30)31-13-2/h17-20,23-28H,12-16,21-22H2,1-11H3/b20-19+/t25-,26+,27-,28?/m0/s1. The lowest BCUT2D eigenvalue weighted by molar-refractivity contribution is -0.142. The highest BCUT2D eigenvalue weighted by molar-refractivity contribution is 14.1. The van der Waals surface area contributed by atoms with Gasteiger partial charge in [0.1, 0.15) is 0 Å². The van der Waals surface area contributed by atoms with Crippen molar-refractivity contribution in [3.8, 4) is 0 Å². The van der Waals surface area contributed by atoms with Gasteiger partial charge < -0.3 is 18.3 Å². The Morgan fingerprint density at radius 1 is 1.00 bits per heavy atom. The van der Waals surface area contributed by atoms with Gasteiger partial charge in [-0.05, 0) is 42.6 Å². The molecule has 4 nitrogen and oxygen atoms in total. The Bertz CT molecular complexity index is 665. The molecule has 0 saturated heterocycles. The molecular formula is C29H57IO4Si2. The van der Waals surface area contributed by atoms with E-state index in [9.17, 15) is 0 Å². The van der Waals surface area contributed by atoms with Gasteiger partial charge >= 0.3 is 0 Å². The molecule has 1 aliphatic rings. The first-order valence-corrected chi connectivity index (χ1v) is 20.9. The molecule has 0 aromatic rings. The molecule has 0 heterocycles. The molecule has 0 saturated carbocycles. The number of alkyl halides is 1. The van der Waals surface area contributed by atoms with Crippen LogP contribution in [0.4, 0.5) is 0 Å². The van der Waals surface area contributed by atoms with Crippen molar-refractivity contribution >= 4 is 39.2 Å². The topological polar surface area (TPSA) is 36.9 Å². The van der Waals surface area contributed by atoms with Crippen LogP contribution in [0.25, 0.3) is 0 Å². The third-order valence-corrected chi connectivity index (χ3v) is 18.1. The Balaban J connectivity index is 3.10. The first kappa shape index (κ1) is 34.5. The van der Waals surface area contributed by atoms with Crippen LogP contribution in [-0.4, -0.2) is 52.3 Å². The van der Waals surface area contributed by atoms with Crippen LogP contribution in [0, 0.1) is 0 Å². The largest absolute Gasteiger partial charge is 0.411 e. The minimum Gasteiger partial charge on any atom is -0.411 e. The van der Waals surface area contributed by atoms with Crippen molar-refractivity contribution in [3.63, 3.8) is 0 Å². The van der Waals surface area contributed by atoms with Gasteiger partial charge in [-0.25, -0.2) is 0 Å². The molecule has 0 spiro atoms. The molecule has 1 unspecified atom stereocenters. The van der Waals surface area contributed by atoms with E-state index >= 15 is 0 Å². The fourth-order valence-corrected chi connectivity index (χ4v) is 10.3. The molecule has 7 heteroatoms. The highest BCUT2D eigenvalue weighted by atomic mass is 127. The molecule has 0 aromatic heterocycles. The van der Waals surface area contributed by atoms with E-state index in [0.717, 1.165) is 17.3 Å². The molecule has 4 atom stereocenters. The van der Waals surface area contributed by atoms with Gasteiger partial charge in [0.25, 0.3) is 0 Å². The zero-order valence-electron chi connectivity index (χ0n) is 25.2. The summed E-state index contributed by atoms with van der Waals surface area (Å²) in [6.45, 7) is 26.0. The van der Waals surface area contributed by atoms with Crippen molar-refractivity contribution in [1.29, 1.82) is 0 Å². The number of ether oxygens (including phenoxy) is 2. The Kier molecular flexibility index (Phi) is 15.3. The van der Waals surface area contributed by atoms with Gasteiger partial charge in [0, 0.05) is 13.0 Å². The first-order chi connectivity index (χ1) is 16.7. The molecule has 0 fully saturated rings. The van der Waals surface area contributed by atoms with Crippen molar-refractivity contribution in [1.82, 2.24) is 0 Å². The van der Waals surface area contributed by atoms with Crippen LogP contribution in [0.3, 0.4) is 0 Å². The summed E-state index contributed by atoms with van der Waals surface area (Å²) in [4.78, 5) is 0. The monoisotopic (exact) mass is 652 g/mol. The summed E-state index contributed by atoms with van der Waals surface area (Å²) in [7, 11) is -4.09. The number of halogens is 1. The lowest BCUT2D eigenvalue weighted by Crippen LogP contribution is -2.47. The van der Waals surface area contributed by atoms with E-state index in [1.807, 2.05) is 6.92 Å². The van der Waals surface area contributed by atoms with Crippen LogP contribution >= 0.6 is 22.6 Å². The zero-order chi connectivity index (χ0) is 27.6. The highest BCUT2D eigenvalue weighted by Gasteiger charge is 2.43. The Morgan fingerprint density at radius 3 is 2.11 bits per heavy atom. The quantitative estimate of drug-likeness (QED) is 0.0392. The van der Waals surface area contributed by atoms with E-state index in [4.69, 9.17) is 18.3 Å². The van der Waals surface area contributed by atoms with Crippen LogP contribution < -0.4 is 0 Å². The van der Waals surface area contributed by atoms with E-state index in [0.29, 0.717) is 17.7 Å². The smallest absolute Gasteiger partial charge is 0.222 e. The van der Waals surface area contributed by atoms with Crippen molar-refractivity contribution < 1.29 is 18.3 Å². The average molecular weight is 653 g/mol. The molecular weight excluding hydrogens is 595 g/mol. The molecule has 0 radical (unpaired) electrons. The Hall–Kier alpha value is 0.484. The van der Waals surface area contributed by atoms with Crippen LogP contribution in [0.1, 0.15) is 94.4 Å². The zero-order valence-corrected chi connectivity index (χ0v) is 29.4. The van der Waals surface area contributed by atoms with E-state index in [-0.39, 0.29) is 29.6 Å². The summed E-state index contributed by atoms with van der Waals surface area (Å²) >= 11 is 2.33. The van der Waals surface area contributed by atoms with E-state index in [1.165, 1.54) is 19.3 Å². The predicted molar refractivity (Wildman–Crippen MR) is 169 cm³/mol. The van der Waals surface area contributed by atoms with E-state index in [2.05, 4.69) is 115 Å². The van der Waals surface area contributed by atoms with Crippen LogP contribution in [0.5, 0.6) is 0 Å². The fourth-order valence-electron chi connectivity index (χ4n) is 4.55. The Morgan fingerprint density at radius 2 is 1.61 bits per heavy atom. The van der Waals surface area contributed by atoms with Gasteiger partial charge in [-0.2, -0.15) is 0 Å². The summed E-state index contributed by atoms with van der Waals surface area (Å²) in [5, 5.41) is 0.200. The molecule has 0 N–H and O–H groups in total. The molecule has 0 bridgehead atoms. The van der Waals surface area contributed by atoms with Crippen LogP contribution in [0.2, 0.25) is 29.2 Å². The second-order valence-electron chi connectivity index (χ2n) is 12.4. The minimum absolute atomic E-state index is 0.0556. The predicted octanol–water partition coefficient (Wildman–Crippen LogP) is 9.35. The molecule has 0 amide bonds. The third kappa shape index (κ3) is 10.6. The molecule has 0 aromatic carbocycles. The maximum atomic E-state index is 7.10. The van der Waals surface area contributed by atoms with Crippen molar-refractivity contribution in [2.24, 2.45) is 0 Å². The van der Waals surface area contributed by atoms with E-state index < -0.39 is 16.6 Å². The second-order valence-corrected chi connectivity index (χ2v) is 22.6. The maximum Gasteiger partial charge on any atom is 0.222 e. The lowest BCUT2D eigenvalue weighted by atomic mass is 10.1. The van der Waals surface area contributed by atoms with Crippen molar-refractivity contribution in [3.05, 3.63) is 23.9 Å². The Labute approximate surface area is 239 Å². The fraction of sp³-hybridized carbons (Fsp3) is 0.862.